The van der Waals surface area contributed by atoms with Crippen molar-refractivity contribution in [2.24, 2.45) is 0 Å². The predicted molar refractivity (Wildman–Crippen MR) is 78.8 cm³/mol. The molecule has 20 heavy (non-hydrogen) atoms. The van der Waals surface area contributed by atoms with Crippen LogP contribution in [-0.2, 0) is 9.53 Å². The Hall–Kier alpha value is -1.37. The third kappa shape index (κ3) is 2.46. The van der Waals surface area contributed by atoms with Crippen LogP contribution in [0.4, 0.5) is 0 Å². The van der Waals surface area contributed by atoms with Gasteiger partial charge in [-0.2, -0.15) is 0 Å². The normalized spacial score (nSPS) is 18.2. The maximum absolute atomic E-state index is 11.7. The predicted octanol–water partition coefficient (Wildman–Crippen LogP) is 2.39. The van der Waals surface area contributed by atoms with E-state index in [0.717, 1.165) is 20.9 Å². The molecule has 1 aliphatic heterocycles. The topological polar surface area (TPSA) is 65.6 Å². The molecule has 0 spiro atoms. The number of aromatic nitrogens is 1. The molecule has 6 heteroatoms. The molecule has 1 aliphatic rings. The fourth-order valence-corrected chi connectivity index (χ4v) is 3.03. The second-order valence-corrected chi connectivity index (χ2v) is 5.74. The molecular weight excluding hydrogens is 324 g/mol. The number of nitrogens with zero attached hydrogens (tertiary/aromatic N) is 1. The smallest absolute Gasteiger partial charge is 0.325 e. The van der Waals surface area contributed by atoms with Gasteiger partial charge < -0.3 is 14.8 Å². The molecule has 3 rings (SSSR count). The highest BCUT2D eigenvalue weighted by Gasteiger charge is 2.30. The molecule has 1 aromatic carbocycles. The molecule has 0 aliphatic carbocycles. The Balaban J connectivity index is 2.02. The fraction of sp³-hybridized carbons (Fsp3) is 0.357. The second kappa shape index (κ2) is 5.55. The number of carboxylic acid groups (broad SMARTS) is 1. The van der Waals surface area contributed by atoms with Crippen molar-refractivity contribution in [3.8, 4) is 0 Å². The summed E-state index contributed by atoms with van der Waals surface area (Å²) in [5, 5.41) is 10.6. The van der Waals surface area contributed by atoms with Crippen molar-refractivity contribution in [2.75, 3.05) is 26.3 Å². The number of carbonyl (C=O) groups is 1. The van der Waals surface area contributed by atoms with Crippen molar-refractivity contribution in [2.45, 2.75) is 6.04 Å². The van der Waals surface area contributed by atoms with Crippen LogP contribution in [0.1, 0.15) is 11.6 Å². The molecule has 0 unspecified atom stereocenters. The standard InChI is InChI=1S/C14H15BrN2O3/c15-9-1-2-10-11(8-16-12(10)7-9)13(14(18)19)17-3-5-20-6-4-17/h1-2,7-8,13,16H,3-6H2,(H,18,19)/t13-/m1/s1. The van der Waals surface area contributed by atoms with Gasteiger partial charge in [0, 0.05) is 40.2 Å². The van der Waals surface area contributed by atoms with Crippen molar-refractivity contribution < 1.29 is 14.6 Å². The lowest BCUT2D eigenvalue weighted by Gasteiger charge is -2.31. The highest BCUT2D eigenvalue weighted by atomic mass is 79.9. The second-order valence-electron chi connectivity index (χ2n) is 4.82. The van der Waals surface area contributed by atoms with Crippen LogP contribution in [0.3, 0.4) is 0 Å². The monoisotopic (exact) mass is 338 g/mol. The molecular formula is C14H15BrN2O3. The average Bonchev–Trinajstić information content (AvgIpc) is 2.83. The van der Waals surface area contributed by atoms with Crippen molar-refractivity contribution >= 4 is 32.8 Å². The van der Waals surface area contributed by atoms with Gasteiger partial charge in [-0.3, -0.25) is 9.69 Å². The molecule has 0 saturated carbocycles. The van der Waals surface area contributed by atoms with Gasteiger partial charge >= 0.3 is 5.97 Å². The Morgan fingerprint density at radius 2 is 2.15 bits per heavy atom. The number of ether oxygens (including phenoxy) is 1. The maximum atomic E-state index is 11.7. The summed E-state index contributed by atoms with van der Waals surface area (Å²) in [6.07, 6.45) is 1.80. The van der Waals surface area contributed by atoms with E-state index in [1.54, 1.807) is 6.20 Å². The summed E-state index contributed by atoms with van der Waals surface area (Å²) in [7, 11) is 0. The van der Waals surface area contributed by atoms with Gasteiger partial charge in [-0.25, -0.2) is 0 Å². The Bertz CT molecular complexity index is 634. The number of morpholine rings is 1. The third-order valence-corrected chi connectivity index (χ3v) is 4.11. The van der Waals surface area contributed by atoms with E-state index in [1.807, 2.05) is 23.1 Å². The van der Waals surface area contributed by atoms with Crippen LogP contribution in [0.5, 0.6) is 0 Å². The lowest BCUT2D eigenvalue weighted by molar-refractivity contribution is -0.145. The first kappa shape index (κ1) is 13.6. The van der Waals surface area contributed by atoms with E-state index < -0.39 is 12.0 Å². The van der Waals surface area contributed by atoms with Crippen molar-refractivity contribution in [3.63, 3.8) is 0 Å². The fourth-order valence-electron chi connectivity index (χ4n) is 2.67. The minimum Gasteiger partial charge on any atom is -0.480 e. The lowest BCUT2D eigenvalue weighted by atomic mass is 10.0. The first-order chi connectivity index (χ1) is 9.66. The van der Waals surface area contributed by atoms with Crippen LogP contribution in [0, 0.1) is 0 Å². The van der Waals surface area contributed by atoms with Crippen molar-refractivity contribution in [1.82, 2.24) is 9.88 Å². The number of aliphatic carboxylic acids is 1. The molecule has 1 saturated heterocycles. The zero-order valence-electron chi connectivity index (χ0n) is 10.8. The number of hydrogen-bond acceptors (Lipinski definition) is 3. The number of aromatic amines is 1. The minimum atomic E-state index is -0.823. The van der Waals surface area contributed by atoms with Crippen LogP contribution >= 0.6 is 15.9 Å². The highest BCUT2D eigenvalue weighted by Crippen LogP contribution is 2.30. The number of hydrogen-bond donors (Lipinski definition) is 2. The van der Waals surface area contributed by atoms with E-state index in [4.69, 9.17) is 4.74 Å². The quantitative estimate of drug-likeness (QED) is 0.901. The Labute approximate surface area is 124 Å². The van der Waals surface area contributed by atoms with Crippen LogP contribution in [0.25, 0.3) is 10.9 Å². The summed E-state index contributed by atoms with van der Waals surface area (Å²) in [5.74, 6) is -0.823. The highest BCUT2D eigenvalue weighted by molar-refractivity contribution is 9.10. The molecule has 1 aromatic heterocycles. The van der Waals surface area contributed by atoms with Crippen LogP contribution in [0.2, 0.25) is 0 Å². The average molecular weight is 339 g/mol. The number of rotatable bonds is 3. The van der Waals surface area contributed by atoms with E-state index in [0.29, 0.717) is 26.3 Å². The van der Waals surface area contributed by atoms with Gasteiger partial charge in [-0.05, 0) is 12.1 Å². The number of fused-ring (bicyclic) bond motifs is 1. The molecule has 2 heterocycles. The van der Waals surface area contributed by atoms with Crippen molar-refractivity contribution in [3.05, 3.63) is 34.4 Å². The first-order valence-corrected chi connectivity index (χ1v) is 7.27. The number of benzene rings is 1. The Kier molecular flexibility index (Phi) is 3.78. The lowest BCUT2D eigenvalue weighted by Crippen LogP contribution is -2.42. The molecule has 2 N–H and O–H groups in total. The maximum Gasteiger partial charge on any atom is 0.325 e. The van der Waals surface area contributed by atoms with Gasteiger partial charge in [-0.1, -0.05) is 22.0 Å². The van der Waals surface area contributed by atoms with Gasteiger partial charge in [0.1, 0.15) is 6.04 Å². The van der Waals surface area contributed by atoms with Crippen LogP contribution in [0.15, 0.2) is 28.9 Å². The number of carboxylic acids is 1. The summed E-state index contributed by atoms with van der Waals surface area (Å²) >= 11 is 3.42. The third-order valence-electron chi connectivity index (χ3n) is 3.62. The largest absolute Gasteiger partial charge is 0.480 e. The molecule has 0 bridgehead atoms. The van der Waals surface area contributed by atoms with E-state index in [9.17, 15) is 9.90 Å². The van der Waals surface area contributed by atoms with E-state index in [1.165, 1.54) is 0 Å². The van der Waals surface area contributed by atoms with Gasteiger partial charge in [0.25, 0.3) is 0 Å². The molecule has 1 fully saturated rings. The van der Waals surface area contributed by atoms with Gasteiger partial charge in [0.15, 0.2) is 0 Å². The Morgan fingerprint density at radius 3 is 2.85 bits per heavy atom. The minimum absolute atomic E-state index is 0.581. The van der Waals surface area contributed by atoms with E-state index >= 15 is 0 Å². The summed E-state index contributed by atoms with van der Waals surface area (Å²) in [6.45, 7) is 2.44. The summed E-state index contributed by atoms with van der Waals surface area (Å²) in [4.78, 5) is 16.8. The molecule has 5 nitrogen and oxygen atoms in total. The summed E-state index contributed by atoms with van der Waals surface area (Å²) < 4.78 is 6.27. The number of H-pyrrole nitrogens is 1. The van der Waals surface area contributed by atoms with Crippen LogP contribution < -0.4 is 0 Å². The summed E-state index contributed by atoms with van der Waals surface area (Å²) in [5.41, 5.74) is 1.75. The molecule has 2 aromatic rings. The number of nitrogens with one attached hydrogen (secondary N) is 1. The van der Waals surface area contributed by atoms with E-state index in [2.05, 4.69) is 20.9 Å². The first-order valence-electron chi connectivity index (χ1n) is 6.48. The SMILES string of the molecule is O=C(O)[C@@H](c1c[nH]c2cc(Br)ccc12)N1CCOCC1. The summed E-state index contributed by atoms with van der Waals surface area (Å²) in [6, 6.07) is 5.20. The zero-order chi connectivity index (χ0) is 14.1. The zero-order valence-corrected chi connectivity index (χ0v) is 12.4. The molecule has 0 amide bonds. The van der Waals surface area contributed by atoms with Gasteiger partial charge in [0.2, 0.25) is 0 Å². The van der Waals surface area contributed by atoms with Gasteiger partial charge in [0.05, 0.1) is 13.2 Å². The Morgan fingerprint density at radius 1 is 1.40 bits per heavy atom. The van der Waals surface area contributed by atoms with Crippen LogP contribution in [-0.4, -0.2) is 47.3 Å². The molecule has 0 radical (unpaired) electrons. The van der Waals surface area contributed by atoms with E-state index in [-0.39, 0.29) is 0 Å². The number of halogens is 1. The molecule has 106 valence electrons. The van der Waals surface area contributed by atoms with Gasteiger partial charge in [-0.15, -0.1) is 0 Å². The molecule has 1 atom stereocenters. The van der Waals surface area contributed by atoms with Crippen molar-refractivity contribution in [1.29, 1.82) is 0 Å².